The molecule has 0 saturated heterocycles. The van der Waals surface area contributed by atoms with Crippen molar-refractivity contribution in [3.8, 4) is 0 Å². The van der Waals surface area contributed by atoms with Gasteiger partial charge >= 0.3 is 0 Å². The highest BCUT2D eigenvalue weighted by molar-refractivity contribution is 8.22. The van der Waals surface area contributed by atoms with Gasteiger partial charge in [-0.15, -0.1) is 35.3 Å². The van der Waals surface area contributed by atoms with E-state index in [9.17, 15) is 4.79 Å². The Morgan fingerprint density at radius 2 is 1.55 bits per heavy atom. The number of carbonyl (C=O) groups is 1. The van der Waals surface area contributed by atoms with Gasteiger partial charge in [0.2, 0.25) is 0 Å². The molecule has 110 valence electrons. The maximum Gasteiger partial charge on any atom is 0.170 e. The van der Waals surface area contributed by atoms with E-state index in [2.05, 4.69) is 18.4 Å². The van der Waals surface area contributed by atoms with Crippen LogP contribution in [0.25, 0.3) is 5.57 Å². The Hall–Kier alpha value is -0.320. The molecule has 0 aromatic heterocycles. The van der Waals surface area contributed by atoms with Gasteiger partial charge in [0.15, 0.2) is 5.78 Å². The summed E-state index contributed by atoms with van der Waals surface area (Å²) in [6.07, 6.45) is 6.11. The summed E-state index contributed by atoms with van der Waals surface area (Å²) in [6, 6.07) is 8.15. The summed E-state index contributed by atoms with van der Waals surface area (Å²) in [5.41, 5.74) is 1.54. The van der Waals surface area contributed by atoms with Crippen molar-refractivity contribution in [1.29, 1.82) is 0 Å². The molecular formula is C16H22OS3. The number of benzene rings is 1. The predicted molar refractivity (Wildman–Crippen MR) is 96.6 cm³/mol. The fourth-order valence-corrected chi connectivity index (χ4v) is 3.92. The third kappa shape index (κ3) is 4.09. The minimum absolute atomic E-state index is 0.206. The highest BCUT2D eigenvalue weighted by Crippen LogP contribution is 2.40. The first-order chi connectivity index (χ1) is 9.36. The molecule has 1 rings (SSSR count). The van der Waals surface area contributed by atoms with Crippen molar-refractivity contribution in [2.45, 2.75) is 25.7 Å². The summed E-state index contributed by atoms with van der Waals surface area (Å²) < 4.78 is 1.09. The van der Waals surface area contributed by atoms with Gasteiger partial charge in [-0.1, -0.05) is 39.0 Å². The molecule has 0 aliphatic carbocycles. The molecule has 20 heavy (non-hydrogen) atoms. The molecule has 0 unspecified atom stereocenters. The monoisotopic (exact) mass is 326 g/mol. The zero-order valence-electron chi connectivity index (χ0n) is 12.9. The van der Waals surface area contributed by atoms with Gasteiger partial charge in [-0.25, -0.2) is 0 Å². The lowest BCUT2D eigenvalue weighted by molar-refractivity contribution is -0.120. The predicted octanol–water partition coefficient (Wildman–Crippen LogP) is 5.42. The summed E-state index contributed by atoms with van der Waals surface area (Å²) in [4.78, 5) is 14.1. The van der Waals surface area contributed by atoms with Crippen LogP contribution in [0.3, 0.4) is 0 Å². The second-order valence-corrected chi connectivity index (χ2v) is 8.09. The van der Waals surface area contributed by atoms with Crippen molar-refractivity contribution >= 4 is 46.6 Å². The molecule has 0 radical (unpaired) electrons. The molecule has 1 aromatic rings. The van der Waals surface area contributed by atoms with E-state index in [1.165, 1.54) is 0 Å². The van der Waals surface area contributed by atoms with Crippen molar-refractivity contribution < 1.29 is 4.79 Å². The lowest BCUT2D eigenvalue weighted by Gasteiger charge is -2.22. The van der Waals surface area contributed by atoms with Crippen molar-refractivity contribution in [3.63, 3.8) is 0 Å². The number of ketones is 1. The second-order valence-electron chi connectivity index (χ2n) is 5.35. The first-order valence-electron chi connectivity index (χ1n) is 6.37. The van der Waals surface area contributed by atoms with Crippen LogP contribution < -0.4 is 0 Å². The highest BCUT2D eigenvalue weighted by Gasteiger charge is 2.29. The van der Waals surface area contributed by atoms with Gasteiger partial charge in [-0.3, -0.25) is 4.79 Å². The van der Waals surface area contributed by atoms with Crippen LogP contribution >= 0.6 is 35.3 Å². The van der Waals surface area contributed by atoms with Crippen LogP contribution in [0.2, 0.25) is 0 Å². The Morgan fingerprint density at radius 1 is 1.00 bits per heavy atom. The first-order valence-corrected chi connectivity index (χ1v) is 10.0. The number of hydrogen-bond acceptors (Lipinski definition) is 4. The molecule has 0 heterocycles. The molecule has 0 fully saturated rings. The fraction of sp³-hybridized carbons (Fsp3) is 0.438. The summed E-state index contributed by atoms with van der Waals surface area (Å²) >= 11 is 4.98. The smallest absolute Gasteiger partial charge is 0.170 e. The quantitative estimate of drug-likeness (QED) is 0.530. The lowest BCUT2D eigenvalue weighted by Crippen LogP contribution is -2.22. The third-order valence-corrected chi connectivity index (χ3v) is 5.81. The number of allylic oxidation sites excluding steroid dienone is 1. The molecule has 0 saturated carbocycles. The van der Waals surface area contributed by atoms with Gasteiger partial charge in [0.05, 0.1) is 4.24 Å². The molecule has 0 atom stereocenters. The SMILES string of the molecule is CSC(SC)=C(C(=O)C(C)(C)C)c1ccccc1SC. The molecular weight excluding hydrogens is 304 g/mol. The largest absolute Gasteiger partial charge is 0.294 e. The fourth-order valence-electron chi connectivity index (χ4n) is 1.84. The van der Waals surface area contributed by atoms with E-state index in [0.717, 1.165) is 20.3 Å². The van der Waals surface area contributed by atoms with Crippen molar-refractivity contribution in [2.24, 2.45) is 5.41 Å². The van der Waals surface area contributed by atoms with E-state index < -0.39 is 0 Å². The maximum absolute atomic E-state index is 12.9. The maximum atomic E-state index is 12.9. The van der Waals surface area contributed by atoms with Crippen LogP contribution in [0.5, 0.6) is 0 Å². The summed E-state index contributed by atoms with van der Waals surface area (Å²) in [5.74, 6) is 0.206. The van der Waals surface area contributed by atoms with Crippen LogP contribution in [0, 0.1) is 5.41 Å². The van der Waals surface area contributed by atoms with E-state index in [0.29, 0.717) is 0 Å². The Balaban J connectivity index is 3.55. The number of thioether (sulfide) groups is 3. The molecule has 1 aromatic carbocycles. The molecule has 4 heteroatoms. The Labute approximate surface area is 135 Å². The Kier molecular flexibility index (Phi) is 6.76. The topological polar surface area (TPSA) is 17.1 Å². The average Bonchev–Trinajstić information content (AvgIpc) is 2.43. The van der Waals surface area contributed by atoms with Gasteiger partial charge in [-0.05, 0) is 24.8 Å². The second kappa shape index (κ2) is 7.62. The van der Waals surface area contributed by atoms with Gasteiger partial charge < -0.3 is 0 Å². The van der Waals surface area contributed by atoms with E-state index in [4.69, 9.17) is 0 Å². The molecule has 0 aliphatic rings. The Morgan fingerprint density at radius 3 is 2.00 bits per heavy atom. The number of rotatable bonds is 5. The molecule has 0 N–H and O–H groups in total. The summed E-state index contributed by atoms with van der Waals surface area (Å²) in [7, 11) is 0. The Bertz CT molecular complexity index is 507. The number of hydrogen-bond donors (Lipinski definition) is 0. The van der Waals surface area contributed by atoms with Gasteiger partial charge in [0, 0.05) is 21.4 Å². The van der Waals surface area contributed by atoms with Gasteiger partial charge in [0.25, 0.3) is 0 Å². The van der Waals surface area contributed by atoms with Crippen LogP contribution in [0.4, 0.5) is 0 Å². The van der Waals surface area contributed by atoms with Crippen LogP contribution in [-0.2, 0) is 4.79 Å². The minimum atomic E-state index is -0.377. The average molecular weight is 327 g/mol. The minimum Gasteiger partial charge on any atom is -0.294 e. The van der Waals surface area contributed by atoms with Crippen molar-refractivity contribution in [3.05, 3.63) is 34.1 Å². The van der Waals surface area contributed by atoms with E-state index in [1.807, 2.05) is 45.4 Å². The van der Waals surface area contributed by atoms with Crippen molar-refractivity contribution in [1.82, 2.24) is 0 Å². The molecule has 0 amide bonds. The van der Waals surface area contributed by atoms with Crippen molar-refractivity contribution in [2.75, 3.05) is 18.8 Å². The number of carbonyl (C=O) groups excluding carboxylic acids is 1. The zero-order valence-corrected chi connectivity index (χ0v) is 15.4. The zero-order chi connectivity index (χ0) is 15.3. The summed E-state index contributed by atoms with van der Waals surface area (Å²) in [6.45, 7) is 5.94. The normalized spacial score (nSPS) is 11.3. The lowest BCUT2D eigenvalue weighted by atomic mass is 9.84. The van der Waals surface area contributed by atoms with Gasteiger partial charge in [0.1, 0.15) is 0 Å². The molecule has 0 bridgehead atoms. The highest BCUT2D eigenvalue weighted by atomic mass is 32.2. The number of Topliss-reactive ketones (excluding diaryl/α,β-unsaturated/α-hetero) is 1. The summed E-state index contributed by atoms with van der Waals surface area (Å²) in [5, 5.41) is 0. The van der Waals surface area contributed by atoms with E-state index >= 15 is 0 Å². The molecule has 0 aliphatic heterocycles. The van der Waals surface area contributed by atoms with E-state index in [-0.39, 0.29) is 11.2 Å². The van der Waals surface area contributed by atoms with E-state index in [1.54, 1.807) is 35.3 Å². The molecule has 0 spiro atoms. The van der Waals surface area contributed by atoms with Gasteiger partial charge in [-0.2, -0.15) is 0 Å². The van der Waals surface area contributed by atoms with Crippen LogP contribution in [-0.4, -0.2) is 24.6 Å². The standard InChI is InChI=1S/C16H22OS3/c1-16(2,3)14(17)13(15(19-5)20-6)11-9-7-8-10-12(11)18-4/h7-10H,1-6H3. The van der Waals surface area contributed by atoms with Crippen LogP contribution in [0.1, 0.15) is 26.3 Å². The first kappa shape index (κ1) is 17.7. The third-order valence-electron chi connectivity index (χ3n) is 2.86. The molecule has 1 nitrogen and oxygen atoms in total. The van der Waals surface area contributed by atoms with Crippen LogP contribution in [0.15, 0.2) is 33.4 Å².